The Morgan fingerprint density at radius 3 is 2.52 bits per heavy atom. The Labute approximate surface area is 125 Å². The zero-order valence-corrected chi connectivity index (χ0v) is 12.7. The minimum absolute atomic E-state index is 0.614. The molecule has 4 nitrogen and oxygen atoms in total. The number of hydrogen-bond acceptors (Lipinski definition) is 4. The average molecular weight is 287 g/mol. The first-order chi connectivity index (χ1) is 10.3. The molecule has 4 heteroatoms. The number of hydrogen-bond donors (Lipinski definition) is 1. The zero-order valence-electron chi connectivity index (χ0n) is 12.7. The molecule has 2 aromatic rings. The lowest BCUT2D eigenvalue weighted by molar-refractivity contribution is 0.310. The Morgan fingerprint density at radius 2 is 1.81 bits per heavy atom. The lowest BCUT2D eigenvalue weighted by atomic mass is 10.2. The van der Waals surface area contributed by atoms with Gasteiger partial charge in [0.05, 0.1) is 20.8 Å². The van der Waals surface area contributed by atoms with Gasteiger partial charge in [0.15, 0.2) is 11.5 Å². The smallest absolute Gasteiger partial charge is 0.161 e. The Morgan fingerprint density at radius 1 is 0.952 bits per heavy atom. The van der Waals surface area contributed by atoms with Gasteiger partial charge in [0.25, 0.3) is 0 Å². The lowest BCUT2D eigenvalue weighted by Gasteiger charge is -2.12. The Balaban J connectivity index is 2.07. The molecular formula is C17H21NO3. The summed E-state index contributed by atoms with van der Waals surface area (Å²) in [5.74, 6) is 2.36. The maximum absolute atomic E-state index is 5.58. The minimum Gasteiger partial charge on any atom is -0.497 e. The van der Waals surface area contributed by atoms with E-state index in [1.165, 1.54) is 0 Å². The van der Waals surface area contributed by atoms with Crippen LogP contribution in [0.1, 0.15) is 12.5 Å². The predicted molar refractivity (Wildman–Crippen MR) is 84.5 cm³/mol. The van der Waals surface area contributed by atoms with E-state index in [1.54, 1.807) is 14.2 Å². The third-order valence-corrected chi connectivity index (χ3v) is 3.09. The highest BCUT2D eigenvalue weighted by Crippen LogP contribution is 2.28. The fourth-order valence-electron chi connectivity index (χ4n) is 2.04. The van der Waals surface area contributed by atoms with Crippen LogP contribution in [-0.2, 0) is 6.54 Å². The third kappa shape index (κ3) is 4.05. The van der Waals surface area contributed by atoms with Gasteiger partial charge in [0.1, 0.15) is 5.75 Å². The van der Waals surface area contributed by atoms with Gasteiger partial charge in [-0.05, 0) is 36.8 Å². The van der Waals surface area contributed by atoms with Gasteiger partial charge in [-0.2, -0.15) is 0 Å². The summed E-state index contributed by atoms with van der Waals surface area (Å²) < 4.78 is 16.1. The maximum Gasteiger partial charge on any atom is 0.161 e. The van der Waals surface area contributed by atoms with Crippen molar-refractivity contribution in [3.05, 3.63) is 48.0 Å². The van der Waals surface area contributed by atoms with Crippen LogP contribution in [0.4, 0.5) is 5.69 Å². The molecule has 0 aliphatic carbocycles. The molecule has 0 radical (unpaired) electrons. The van der Waals surface area contributed by atoms with Gasteiger partial charge in [-0.3, -0.25) is 0 Å². The molecule has 0 heterocycles. The van der Waals surface area contributed by atoms with E-state index in [4.69, 9.17) is 14.2 Å². The van der Waals surface area contributed by atoms with Crippen LogP contribution < -0.4 is 19.5 Å². The number of ether oxygens (including phenoxy) is 3. The number of benzene rings is 2. The average Bonchev–Trinajstić information content (AvgIpc) is 2.53. The molecule has 0 atom stereocenters. The van der Waals surface area contributed by atoms with Crippen LogP contribution in [0.25, 0.3) is 0 Å². The summed E-state index contributed by atoms with van der Waals surface area (Å²) in [6.07, 6.45) is 0. The molecule has 0 saturated heterocycles. The molecule has 0 spiro atoms. The van der Waals surface area contributed by atoms with Crippen molar-refractivity contribution in [1.29, 1.82) is 0 Å². The molecule has 0 fully saturated rings. The second kappa shape index (κ2) is 7.43. The summed E-state index contributed by atoms with van der Waals surface area (Å²) in [6.45, 7) is 3.28. The van der Waals surface area contributed by atoms with Crippen LogP contribution >= 0.6 is 0 Å². The monoisotopic (exact) mass is 287 g/mol. The van der Waals surface area contributed by atoms with Gasteiger partial charge in [0, 0.05) is 18.3 Å². The maximum atomic E-state index is 5.58. The molecule has 0 aliphatic heterocycles. The van der Waals surface area contributed by atoms with Crippen LogP contribution in [0.2, 0.25) is 0 Å². The fourth-order valence-corrected chi connectivity index (χ4v) is 2.04. The molecule has 2 rings (SSSR count). The molecule has 21 heavy (non-hydrogen) atoms. The molecule has 0 saturated carbocycles. The van der Waals surface area contributed by atoms with E-state index in [9.17, 15) is 0 Å². The minimum atomic E-state index is 0.614. The van der Waals surface area contributed by atoms with Crippen LogP contribution in [0.3, 0.4) is 0 Å². The van der Waals surface area contributed by atoms with Crippen LogP contribution in [0, 0.1) is 0 Å². The first-order valence-electron chi connectivity index (χ1n) is 6.94. The van der Waals surface area contributed by atoms with Crippen molar-refractivity contribution in [2.75, 3.05) is 26.1 Å². The zero-order chi connectivity index (χ0) is 15.1. The van der Waals surface area contributed by atoms with Gasteiger partial charge >= 0.3 is 0 Å². The van der Waals surface area contributed by atoms with Gasteiger partial charge in [-0.15, -0.1) is 0 Å². The summed E-state index contributed by atoms with van der Waals surface area (Å²) >= 11 is 0. The van der Waals surface area contributed by atoms with Crippen molar-refractivity contribution < 1.29 is 14.2 Å². The Bertz CT molecular complexity index is 584. The van der Waals surface area contributed by atoms with Gasteiger partial charge in [-0.1, -0.05) is 12.1 Å². The van der Waals surface area contributed by atoms with E-state index in [2.05, 4.69) is 5.32 Å². The van der Waals surface area contributed by atoms with E-state index >= 15 is 0 Å². The summed E-state index contributed by atoms with van der Waals surface area (Å²) in [5, 5.41) is 3.37. The highest BCUT2D eigenvalue weighted by Gasteiger charge is 2.05. The first-order valence-corrected chi connectivity index (χ1v) is 6.94. The number of rotatable bonds is 7. The Hall–Kier alpha value is -2.36. The molecular weight excluding hydrogens is 266 g/mol. The lowest BCUT2D eigenvalue weighted by Crippen LogP contribution is -2.01. The number of nitrogens with one attached hydrogen (secondary N) is 1. The topological polar surface area (TPSA) is 39.7 Å². The molecule has 0 amide bonds. The summed E-state index contributed by atoms with van der Waals surface area (Å²) in [4.78, 5) is 0. The molecule has 0 unspecified atom stereocenters. The number of anilines is 1. The van der Waals surface area contributed by atoms with Crippen molar-refractivity contribution in [3.8, 4) is 17.2 Å². The molecule has 0 bridgehead atoms. The molecule has 0 aliphatic rings. The van der Waals surface area contributed by atoms with Crippen molar-refractivity contribution in [2.45, 2.75) is 13.5 Å². The summed E-state index contributed by atoms with van der Waals surface area (Å²) in [7, 11) is 3.31. The molecule has 1 N–H and O–H groups in total. The molecule has 0 aromatic heterocycles. The molecule has 2 aromatic carbocycles. The van der Waals surface area contributed by atoms with E-state index < -0.39 is 0 Å². The van der Waals surface area contributed by atoms with Gasteiger partial charge < -0.3 is 19.5 Å². The van der Waals surface area contributed by atoms with Crippen LogP contribution in [-0.4, -0.2) is 20.8 Å². The normalized spacial score (nSPS) is 10.0. The second-order valence-corrected chi connectivity index (χ2v) is 4.50. The number of methoxy groups -OCH3 is 2. The highest BCUT2D eigenvalue weighted by atomic mass is 16.5. The van der Waals surface area contributed by atoms with Crippen LogP contribution in [0.15, 0.2) is 42.5 Å². The van der Waals surface area contributed by atoms with Crippen molar-refractivity contribution >= 4 is 5.69 Å². The standard InChI is InChI=1S/C17H21NO3/c1-4-21-17-10-13(8-9-16(17)20-3)12-18-14-6-5-7-15(11-14)19-2/h5-11,18H,4,12H2,1-3H3. The van der Waals surface area contributed by atoms with Crippen molar-refractivity contribution in [1.82, 2.24) is 0 Å². The third-order valence-electron chi connectivity index (χ3n) is 3.09. The van der Waals surface area contributed by atoms with Crippen LogP contribution in [0.5, 0.6) is 17.2 Å². The van der Waals surface area contributed by atoms with Gasteiger partial charge in [-0.25, -0.2) is 0 Å². The fraction of sp³-hybridized carbons (Fsp3) is 0.294. The SMILES string of the molecule is CCOc1cc(CNc2cccc(OC)c2)ccc1OC. The largest absolute Gasteiger partial charge is 0.497 e. The summed E-state index contributed by atoms with van der Waals surface area (Å²) in [5.41, 5.74) is 2.14. The van der Waals surface area contributed by atoms with E-state index in [-0.39, 0.29) is 0 Å². The highest BCUT2D eigenvalue weighted by molar-refractivity contribution is 5.49. The van der Waals surface area contributed by atoms with E-state index in [0.29, 0.717) is 13.2 Å². The van der Waals surface area contributed by atoms with Crippen molar-refractivity contribution in [2.24, 2.45) is 0 Å². The quantitative estimate of drug-likeness (QED) is 0.842. The van der Waals surface area contributed by atoms with Crippen molar-refractivity contribution in [3.63, 3.8) is 0 Å². The first kappa shape index (κ1) is 15.0. The molecule has 112 valence electrons. The second-order valence-electron chi connectivity index (χ2n) is 4.50. The van der Waals surface area contributed by atoms with E-state index in [0.717, 1.165) is 28.5 Å². The summed E-state index contributed by atoms with van der Waals surface area (Å²) in [6, 6.07) is 13.8. The van der Waals surface area contributed by atoms with E-state index in [1.807, 2.05) is 49.4 Å². The Kier molecular flexibility index (Phi) is 5.32. The van der Waals surface area contributed by atoms with Gasteiger partial charge in [0.2, 0.25) is 0 Å². The predicted octanol–water partition coefficient (Wildman–Crippen LogP) is 3.71.